The first-order chi connectivity index (χ1) is 19.9. The van der Waals surface area contributed by atoms with E-state index in [-0.39, 0.29) is 24.4 Å². The Morgan fingerprint density at radius 3 is 1.95 bits per heavy atom. The van der Waals surface area contributed by atoms with Gasteiger partial charge in [0.15, 0.2) is 0 Å². The fourth-order valence-electron chi connectivity index (χ4n) is 4.67. The number of rotatable bonds is 12. The predicted octanol–water partition coefficient (Wildman–Crippen LogP) is 5.80. The predicted molar refractivity (Wildman–Crippen MR) is 158 cm³/mol. The second-order valence-corrected chi connectivity index (χ2v) is 9.25. The molecule has 210 valence electrons. The summed E-state index contributed by atoms with van der Waals surface area (Å²) in [5, 5.41) is 8.11. The van der Waals surface area contributed by atoms with Gasteiger partial charge in [0.25, 0.3) is 0 Å². The zero-order chi connectivity index (χ0) is 29.4. The molecule has 0 radical (unpaired) electrons. The van der Waals surface area contributed by atoms with Crippen LogP contribution in [0.1, 0.15) is 25.3 Å². The van der Waals surface area contributed by atoms with E-state index in [1.165, 1.54) is 12.2 Å². The van der Waals surface area contributed by atoms with Crippen LogP contribution in [0.25, 0.3) is 16.9 Å². The van der Waals surface area contributed by atoms with Crippen molar-refractivity contribution in [2.75, 3.05) is 19.8 Å². The van der Waals surface area contributed by atoms with Gasteiger partial charge in [0.2, 0.25) is 0 Å². The quantitative estimate of drug-likeness (QED) is 0.225. The highest BCUT2D eigenvalue weighted by Crippen LogP contribution is 2.43. The fraction of sp³-hybridized carbons (Fsp3) is 0.182. The number of aromatic nitrogens is 2. The zero-order valence-electron chi connectivity index (χ0n) is 23.3. The third-order valence-electron chi connectivity index (χ3n) is 6.43. The molecule has 0 saturated carbocycles. The Kier molecular flexibility index (Phi) is 9.37. The van der Waals surface area contributed by atoms with Crippen molar-refractivity contribution in [1.29, 1.82) is 0 Å². The number of ether oxygens (including phenoxy) is 3. The Morgan fingerprint density at radius 1 is 0.854 bits per heavy atom. The lowest BCUT2D eigenvalue weighted by Gasteiger charge is -2.30. The minimum atomic E-state index is -0.838. The van der Waals surface area contributed by atoms with E-state index >= 15 is 0 Å². The fourth-order valence-corrected chi connectivity index (χ4v) is 4.67. The van der Waals surface area contributed by atoms with Crippen LogP contribution >= 0.6 is 0 Å². The average molecular weight is 552 g/mol. The number of benzene rings is 2. The maximum atomic E-state index is 13.5. The van der Waals surface area contributed by atoms with E-state index in [9.17, 15) is 9.59 Å². The van der Waals surface area contributed by atoms with Crippen molar-refractivity contribution >= 4 is 11.9 Å². The number of carbonyl (C=O) groups is 2. The average Bonchev–Trinajstić information content (AvgIpc) is 3.43. The monoisotopic (exact) mass is 551 g/mol. The molecule has 8 nitrogen and oxygen atoms in total. The first kappa shape index (κ1) is 28.9. The molecule has 2 aromatic carbocycles. The summed E-state index contributed by atoms with van der Waals surface area (Å²) in [6.07, 6.45) is 6.50. The van der Waals surface area contributed by atoms with Gasteiger partial charge in [-0.15, -0.1) is 0 Å². The van der Waals surface area contributed by atoms with Crippen molar-refractivity contribution in [3.63, 3.8) is 0 Å². The molecule has 3 aromatic rings. The Labute approximate surface area is 239 Å². The molecule has 0 bridgehead atoms. The second kappa shape index (κ2) is 13.3. The Hall–Kier alpha value is -5.11. The van der Waals surface area contributed by atoms with Crippen molar-refractivity contribution in [2.24, 2.45) is 0 Å². The molecule has 8 heteroatoms. The second-order valence-electron chi connectivity index (χ2n) is 9.25. The Balaban J connectivity index is 1.95. The van der Waals surface area contributed by atoms with E-state index in [1.807, 2.05) is 60.8 Å². The highest BCUT2D eigenvalue weighted by atomic mass is 16.5. The number of hydrogen-bond donors (Lipinski definition) is 1. The molecule has 4 rings (SSSR count). The molecule has 0 fully saturated rings. The number of esters is 2. The number of hydrogen-bond acceptors (Lipinski definition) is 7. The van der Waals surface area contributed by atoms with E-state index in [2.05, 4.69) is 25.1 Å². The standard InChI is InChI=1S/C33H33N3O5/c1-6-18-39-26-16-14-24(15-17-26)31-27(21-36(35-31)25-12-10-9-11-13-25)30-28(32(37)40-19-7-2)22(4)34-23(5)29(30)33(38)41-20-8-3/h6-17,21,30,34H,1-3,18-20H2,4-5H3. The van der Waals surface area contributed by atoms with Gasteiger partial charge in [-0.05, 0) is 50.2 Å². The lowest BCUT2D eigenvalue weighted by atomic mass is 9.79. The van der Waals surface area contributed by atoms with Gasteiger partial charge in [-0.25, -0.2) is 14.3 Å². The van der Waals surface area contributed by atoms with Crippen molar-refractivity contribution in [1.82, 2.24) is 15.1 Å². The van der Waals surface area contributed by atoms with Crippen molar-refractivity contribution < 1.29 is 23.8 Å². The van der Waals surface area contributed by atoms with Gasteiger partial charge in [-0.2, -0.15) is 5.10 Å². The van der Waals surface area contributed by atoms with Crippen molar-refractivity contribution in [2.45, 2.75) is 19.8 Å². The number of allylic oxidation sites excluding steroid dienone is 2. The highest BCUT2D eigenvalue weighted by Gasteiger charge is 2.40. The highest BCUT2D eigenvalue weighted by molar-refractivity contribution is 6.00. The molecule has 1 aliphatic heterocycles. The molecule has 2 heterocycles. The van der Waals surface area contributed by atoms with Crippen LogP contribution in [-0.4, -0.2) is 41.5 Å². The van der Waals surface area contributed by atoms with Crippen LogP contribution in [0.2, 0.25) is 0 Å². The number of dihydropyridines is 1. The van der Waals surface area contributed by atoms with E-state index < -0.39 is 17.9 Å². The largest absolute Gasteiger partial charge is 0.490 e. The van der Waals surface area contributed by atoms with Gasteiger partial charge < -0.3 is 19.5 Å². The maximum absolute atomic E-state index is 13.5. The molecule has 0 unspecified atom stereocenters. The summed E-state index contributed by atoms with van der Waals surface area (Å²) in [6.45, 7) is 15.0. The topological polar surface area (TPSA) is 91.7 Å². The third kappa shape index (κ3) is 6.38. The van der Waals surface area contributed by atoms with E-state index in [0.717, 1.165) is 11.3 Å². The number of nitrogens with one attached hydrogen (secondary N) is 1. The summed E-state index contributed by atoms with van der Waals surface area (Å²) in [7, 11) is 0. The molecule has 0 amide bonds. The lowest BCUT2D eigenvalue weighted by molar-refractivity contribution is -0.138. The minimum absolute atomic E-state index is 0.0174. The van der Waals surface area contributed by atoms with Gasteiger partial charge in [0.05, 0.1) is 28.4 Å². The first-order valence-corrected chi connectivity index (χ1v) is 13.1. The lowest BCUT2D eigenvalue weighted by Crippen LogP contribution is -2.32. The van der Waals surface area contributed by atoms with E-state index in [0.29, 0.717) is 35.0 Å². The summed E-state index contributed by atoms with van der Waals surface area (Å²) < 4.78 is 18.4. The van der Waals surface area contributed by atoms with Gasteiger partial charge in [0, 0.05) is 28.7 Å². The number of carbonyl (C=O) groups excluding carboxylic acids is 2. The molecule has 41 heavy (non-hydrogen) atoms. The number of para-hydroxylation sites is 1. The van der Waals surface area contributed by atoms with Crippen molar-refractivity contribution in [3.8, 4) is 22.7 Å². The summed E-state index contributed by atoms with van der Waals surface area (Å²) >= 11 is 0. The van der Waals surface area contributed by atoms with Crippen LogP contribution in [0.15, 0.2) is 121 Å². The molecule has 0 atom stereocenters. The summed E-state index contributed by atoms with van der Waals surface area (Å²) in [5.41, 5.74) is 4.48. The van der Waals surface area contributed by atoms with Crippen LogP contribution in [0.5, 0.6) is 5.75 Å². The normalized spacial score (nSPS) is 13.3. The molecular weight excluding hydrogens is 518 g/mol. The minimum Gasteiger partial charge on any atom is -0.490 e. The van der Waals surface area contributed by atoms with Crippen molar-refractivity contribution in [3.05, 3.63) is 127 Å². The molecule has 0 aliphatic carbocycles. The zero-order valence-corrected chi connectivity index (χ0v) is 23.3. The van der Waals surface area contributed by atoms with E-state index in [4.69, 9.17) is 19.3 Å². The molecule has 0 spiro atoms. The van der Waals surface area contributed by atoms with Crippen LogP contribution in [-0.2, 0) is 19.1 Å². The Bertz CT molecular complexity index is 1470. The molecule has 1 aromatic heterocycles. The van der Waals surface area contributed by atoms with Crippen LogP contribution < -0.4 is 10.1 Å². The van der Waals surface area contributed by atoms with Crippen LogP contribution in [0.4, 0.5) is 0 Å². The molecular formula is C33H33N3O5. The van der Waals surface area contributed by atoms with E-state index in [1.54, 1.807) is 24.6 Å². The Morgan fingerprint density at radius 2 is 1.41 bits per heavy atom. The molecule has 0 saturated heterocycles. The van der Waals surface area contributed by atoms with Gasteiger partial charge in [-0.1, -0.05) is 56.2 Å². The molecule has 1 aliphatic rings. The smallest absolute Gasteiger partial charge is 0.337 e. The summed E-state index contributed by atoms with van der Waals surface area (Å²) in [4.78, 5) is 27.0. The summed E-state index contributed by atoms with van der Waals surface area (Å²) in [6, 6.07) is 17.1. The maximum Gasteiger partial charge on any atom is 0.337 e. The van der Waals surface area contributed by atoms with Gasteiger partial charge >= 0.3 is 11.9 Å². The first-order valence-electron chi connectivity index (χ1n) is 13.1. The summed E-state index contributed by atoms with van der Waals surface area (Å²) in [5.74, 6) is -1.32. The van der Waals surface area contributed by atoms with Gasteiger partial charge in [-0.3, -0.25) is 0 Å². The van der Waals surface area contributed by atoms with Gasteiger partial charge in [0.1, 0.15) is 25.6 Å². The SMILES string of the molecule is C=CCOC(=O)C1=C(C)NC(C)=C(C(=O)OCC=C)C1c1cn(-c2ccccc2)nc1-c1ccc(OCC=C)cc1. The number of nitrogens with zero attached hydrogens (tertiary/aromatic N) is 2. The molecule has 1 N–H and O–H groups in total. The van der Waals surface area contributed by atoms with Crippen LogP contribution in [0, 0.1) is 0 Å². The van der Waals surface area contributed by atoms with Crippen LogP contribution in [0.3, 0.4) is 0 Å². The third-order valence-corrected chi connectivity index (χ3v) is 6.43.